The monoisotopic (exact) mass is 326 g/mol. The highest BCUT2D eigenvalue weighted by molar-refractivity contribution is 9.10. The summed E-state index contributed by atoms with van der Waals surface area (Å²) in [6.07, 6.45) is 0. The fourth-order valence-corrected chi connectivity index (χ4v) is 2.70. The van der Waals surface area contributed by atoms with E-state index in [0.29, 0.717) is 10.0 Å². The predicted octanol–water partition coefficient (Wildman–Crippen LogP) is 5.53. The third-order valence-corrected chi connectivity index (χ3v) is 4.04. The molecule has 0 saturated carbocycles. The Morgan fingerprint density at radius 1 is 1.11 bits per heavy atom. The van der Waals surface area contributed by atoms with Crippen molar-refractivity contribution in [1.29, 1.82) is 0 Å². The average molecular weight is 328 g/mol. The highest BCUT2D eigenvalue weighted by Gasteiger charge is 2.18. The van der Waals surface area contributed by atoms with E-state index in [-0.39, 0.29) is 5.82 Å². The lowest BCUT2D eigenvalue weighted by Crippen LogP contribution is -2.00. The van der Waals surface area contributed by atoms with Gasteiger partial charge in [0.05, 0.1) is 9.85 Å². The molecule has 2 aromatic carbocycles. The molecule has 0 aromatic heterocycles. The Morgan fingerprint density at radius 2 is 1.83 bits per heavy atom. The van der Waals surface area contributed by atoms with Crippen molar-refractivity contribution in [3.63, 3.8) is 0 Å². The molecule has 3 heteroatoms. The van der Waals surface area contributed by atoms with Gasteiger partial charge in [-0.3, -0.25) is 0 Å². The van der Waals surface area contributed by atoms with Crippen LogP contribution in [0.5, 0.6) is 0 Å². The average Bonchev–Trinajstić information content (AvgIpc) is 2.35. The molecule has 18 heavy (non-hydrogen) atoms. The van der Waals surface area contributed by atoms with Crippen molar-refractivity contribution >= 4 is 27.5 Å². The third kappa shape index (κ3) is 2.60. The molecule has 2 rings (SSSR count). The minimum Gasteiger partial charge on any atom is -0.205 e. The first-order valence-corrected chi connectivity index (χ1v) is 6.89. The van der Waals surface area contributed by atoms with E-state index in [1.54, 1.807) is 18.2 Å². The molecule has 0 nitrogen and oxygen atoms in total. The van der Waals surface area contributed by atoms with Gasteiger partial charge < -0.3 is 0 Å². The first-order chi connectivity index (χ1) is 8.50. The van der Waals surface area contributed by atoms with Crippen molar-refractivity contribution < 1.29 is 4.39 Å². The molecule has 0 aliphatic heterocycles. The molecule has 0 saturated heterocycles. The minimum atomic E-state index is -0.470. The van der Waals surface area contributed by atoms with Gasteiger partial charge in [0.25, 0.3) is 0 Å². The van der Waals surface area contributed by atoms with Crippen LogP contribution < -0.4 is 0 Å². The molecule has 0 radical (unpaired) electrons. The summed E-state index contributed by atoms with van der Waals surface area (Å²) in [6.45, 7) is 3.99. The molecular formula is C15H13BrClF. The van der Waals surface area contributed by atoms with E-state index in [4.69, 9.17) is 11.6 Å². The Bertz CT molecular complexity index is 579. The second-order valence-electron chi connectivity index (χ2n) is 4.37. The van der Waals surface area contributed by atoms with Crippen molar-refractivity contribution in [2.75, 3.05) is 0 Å². The molecule has 0 N–H and O–H groups in total. The van der Waals surface area contributed by atoms with Gasteiger partial charge in [-0.2, -0.15) is 0 Å². The lowest BCUT2D eigenvalue weighted by Gasteiger charge is -2.15. The van der Waals surface area contributed by atoms with Gasteiger partial charge >= 0.3 is 0 Å². The second kappa shape index (κ2) is 5.41. The molecular weight excluding hydrogens is 315 g/mol. The number of hydrogen-bond acceptors (Lipinski definition) is 0. The SMILES string of the molecule is Cc1ccc(C)c(C(Cl)c2cccc(Br)c2F)c1. The highest BCUT2D eigenvalue weighted by atomic mass is 79.9. The van der Waals surface area contributed by atoms with Crippen LogP contribution in [0.25, 0.3) is 0 Å². The lowest BCUT2D eigenvalue weighted by atomic mass is 9.98. The van der Waals surface area contributed by atoms with E-state index < -0.39 is 5.38 Å². The maximum absolute atomic E-state index is 14.0. The lowest BCUT2D eigenvalue weighted by molar-refractivity contribution is 0.605. The topological polar surface area (TPSA) is 0 Å². The molecule has 0 spiro atoms. The van der Waals surface area contributed by atoms with Gasteiger partial charge in [0.1, 0.15) is 5.82 Å². The Labute approximate surface area is 120 Å². The first kappa shape index (κ1) is 13.6. The fourth-order valence-electron chi connectivity index (χ4n) is 1.92. The van der Waals surface area contributed by atoms with E-state index >= 15 is 0 Å². The van der Waals surface area contributed by atoms with Gasteiger partial charge in [-0.25, -0.2) is 4.39 Å². The summed E-state index contributed by atoms with van der Waals surface area (Å²) in [4.78, 5) is 0. The van der Waals surface area contributed by atoms with Crippen LogP contribution in [0.4, 0.5) is 4.39 Å². The largest absolute Gasteiger partial charge is 0.205 e. The van der Waals surface area contributed by atoms with Gasteiger partial charge in [-0.1, -0.05) is 35.9 Å². The van der Waals surface area contributed by atoms with Crippen LogP contribution in [0, 0.1) is 19.7 Å². The summed E-state index contributed by atoms with van der Waals surface area (Å²) < 4.78 is 14.5. The first-order valence-electron chi connectivity index (χ1n) is 5.66. The number of benzene rings is 2. The quantitative estimate of drug-likeness (QED) is 0.636. The molecule has 0 fully saturated rings. The van der Waals surface area contributed by atoms with Crippen molar-refractivity contribution in [3.8, 4) is 0 Å². The second-order valence-corrected chi connectivity index (χ2v) is 5.66. The van der Waals surface area contributed by atoms with Crippen LogP contribution in [-0.2, 0) is 0 Å². The highest BCUT2D eigenvalue weighted by Crippen LogP contribution is 2.34. The molecule has 0 bridgehead atoms. The third-order valence-electron chi connectivity index (χ3n) is 2.96. The summed E-state index contributed by atoms with van der Waals surface area (Å²) in [5.74, 6) is -0.293. The Morgan fingerprint density at radius 3 is 2.56 bits per heavy atom. The Kier molecular flexibility index (Phi) is 4.08. The molecule has 0 aliphatic rings. The molecule has 94 valence electrons. The van der Waals surface area contributed by atoms with Crippen molar-refractivity contribution in [3.05, 3.63) is 68.9 Å². The van der Waals surface area contributed by atoms with Gasteiger partial charge in [0.2, 0.25) is 0 Å². The van der Waals surface area contributed by atoms with Crippen molar-refractivity contribution in [1.82, 2.24) is 0 Å². The predicted molar refractivity (Wildman–Crippen MR) is 77.7 cm³/mol. The number of rotatable bonds is 2. The summed E-state index contributed by atoms with van der Waals surface area (Å²) in [7, 11) is 0. The van der Waals surface area contributed by atoms with Crippen LogP contribution in [0.3, 0.4) is 0 Å². The Balaban J connectivity index is 2.51. The maximum atomic E-state index is 14.0. The van der Waals surface area contributed by atoms with E-state index in [9.17, 15) is 4.39 Å². The summed E-state index contributed by atoms with van der Waals surface area (Å²) in [5, 5.41) is -0.470. The summed E-state index contributed by atoms with van der Waals surface area (Å²) >= 11 is 9.61. The Hall–Kier alpha value is -0.860. The zero-order valence-corrected chi connectivity index (χ0v) is 12.5. The number of alkyl halides is 1. The van der Waals surface area contributed by atoms with E-state index in [1.165, 1.54) is 0 Å². The van der Waals surface area contributed by atoms with Gasteiger partial charge in [-0.15, -0.1) is 11.6 Å². The summed E-state index contributed by atoms with van der Waals surface area (Å²) in [5.41, 5.74) is 3.64. The number of aryl methyl sites for hydroxylation is 2. The van der Waals surface area contributed by atoms with Crippen LogP contribution in [0.15, 0.2) is 40.9 Å². The molecule has 0 aliphatic carbocycles. The van der Waals surface area contributed by atoms with Gasteiger partial charge in [0, 0.05) is 5.56 Å². The molecule has 1 unspecified atom stereocenters. The number of hydrogen-bond donors (Lipinski definition) is 0. The maximum Gasteiger partial charge on any atom is 0.142 e. The van der Waals surface area contributed by atoms with Crippen molar-refractivity contribution in [2.24, 2.45) is 0 Å². The van der Waals surface area contributed by atoms with Crippen LogP contribution in [-0.4, -0.2) is 0 Å². The van der Waals surface area contributed by atoms with Crippen LogP contribution in [0.1, 0.15) is 27.6 Å². The standard InChI is InChI=1S/C15H13BrClF/c1-9-6-7-10(2)12(8-9)14(17)11-4-3-5-13(16)15(11)18/h3-8,14H,1-2H3. The zero-order chi connectivity index (χ0) is 13.3. The number of halogens is 3. The smallest absolute Gasteiger partial charge is 0.142 e. The minimum absolute atomic E-state index is 0.293. The molecule has 2 aromatic rings. The summed E-state index contributed by atoms with van der Waals surface area (Å²) in [6, 6.07) is 11.2. The fraction of sp³-hybridized carbons (Fsp3) is 0.200. The van der Waals surface area contributed by atoms with E-state index in [1.807, 2.05) is 32.0 Å². The normalized spacial score (nSPS) is 12.5. The van der Waals surface area contributed by atoms with E-state index in [0.717, 1.165) is 16.7 Å². The molecule has 0 amide bonds. The van der Waals surface area contributed by atoms with Crippen molar-refractivity contribution in [2.45, 2.75) is 19.2 Å². The van der Waals surface area contributed by atoms with Gasteiger partial charge in [0.15, 0.2) is 0 Å². The molecule has 1 atom stereocenters. The van der Waals surface area contributed by atoms with Gasteiger partial charge in [-0.05, 0) is 47.0 Å². The van der Waals surface area contributed by atoms with E-state index in [2.05, 4.69) is 15.9 Å². The van der Waals surface area contributed by atoms with Crippen LogP contribution in [0.2, 0.25) is 0 Å². The van der Waals surface area contributed by atoms with Crippen LogP contribution >= 0.6 is 27.5 Å². The molecule has 0 heterocycles. The zero-order valence-electron chi connectivity index (χ0n) is 10.2.